The molecule has 0 atom stereocenters. The van der Waals surface area contributed by atoms with Gasteiger partial charge in [-0.05, 0) is 43.3 Å². The summed E-state index contributed by atoms with van der Waals surface area (Å²) in [5.74, 6) is -0.743. The molecule has 6 nitrogen and oxygen atoms in total. The van der Waals surface area contributed by atoms with Crippen LogP contribution in [0.5, 0.6) is 5.75 Å². The molecule has 27 heavy (non-hydrogen) atoms. The second-order valence-corrected chi connectivity index (χ2v) is 6.37. The fourth-order valence-corrected chi connectivity index (χ4v) is 2.51. The van der Waals surface area contributed by atoms with Crippen LogP contribution < -0.4 is 10.1 Å². The van der Waals surface area contributed by atoms with Crippen LogP contribution in [0.1, 0.15) is 33.2 Å². The highest BCUT2D eigenvalue weighted by Crippen LogP contribution is 2.23. The lowest BCUT2D eigenvalue weighted by Crippen LogP contribution is -2.30. The summed E-state index contributed by atoms with van der Waals surface area (Å²) >= 11 is 11.7. The molecule has 2 rings (SSSR count). The molecule has 2 aromatic carbocycles. The summed E-state index contributed by atoms with van der Waals surface area (Å²) in [4.78, 5) is 35.4. The average molecular weight is 410 g/mol. The topological polar surface area (TPSA) is 81.7 Å². The van der Waals surface area contributed by atoms with Gasteiger partial charge < -0.3 is 14.8 Å². The Morgan fingerprint density at radius 1 is 1.00 bits per heavy atom. The maximum absolute atomic E-state index is 12.0. The Kier molecular flexibility index (Phi) is 7.21. The second-order valence-electron chi connectivity index (χ2n) is 5.56. The number of hydrogen-bond donors (Lipinski definition) is 1. The third-order valence-electron chi connectivity index (χ3n) is 3.65. The monoisotopic (exact) mass is 409 g/mol. The van der Waals surface area contributed by atoms with Gasteiger partial charge in [-0.15, -0.1) is 0 Å². The number of Topliss-reactive ketones (excluding diaryl/α,β-unsaturated/α-hetero) is 1. The minimum atomic E-state index is -0.640. The van der Waals surface area contributed by atoms with Crippen LogP contribution in [0, 0.1) is 0 Å². The molecule has 0 unspecified atom stereocenters. The quantitative estimate of drug-likeness (QED) is 0.557. The van der Waals surface area contributed by atoms with E-state index in [4.69, 9.17) is 32.7 Å². The summed E-state index contributed by atoms with van der Waals surface area (Å²) < 4.78 is 10.3. The van der Waals surface area contributed by atoms with Gasteiger partial charge in [0.1, 0.15) is 18.9 Å². The Morgan fingerprint density at radius 3 is 2.33 bits per heavy atom. The minimum absolute atomic E-state index is 0.0915. The van der Waals surface area contributed by atoms with E-state index >= 15 is 0 Å². The van der Waals surface area contributed by atoms with Gasteiger partial charge in [0.05, 0.1) is 17.2 Å². The highest BCUT2D eigenvalue weighted by Gasteiger charge is 2.13. The van der Waals surface area contributed by atoms with Crippen molar-refractivity contribution in [1.29, 1.82) is 0 Å². The third-order valence-corrected chi connectivity index (χ3v) is 4.39. The van der Waals surface area contributed by atoms with Crippen LogP contribution in [0.4, 0.5) is 0 Å². The van der Waals surface area contributed by atoms with Crippen molar-refractivity contribution < 1.29 is 23.9 Å². The van der Waals surface area contributed by atoms with Crippen molar-refractivity contribution in [3.63, 3.8) is 0 Å². The van der Waals surface area contributed by atoms with Crippen LogP contribution in [0.15, 0.2) is 36.4 Å². The van der Waals surface area contributed by atoms with Crippen LogP contribution in [-0.4, -0.2) is 31.3 Å². The number of amides is 1. The number of esters is 1. The molecule has 0 aliphatic carbocycles. The first-order chi connectivity index (χ1) is 12.8. The molecule has 0 fully saturated rings. The molecule has 0 aliphatic heterocycles. The minimum Gasteiger partial charge on any atom is -0.496 e. The number of carbonyl (C=O) groups excluding carboxylic acids is 3. The maximum atomic E-state index is 12.0. The number of ether oxygens (including phenoxy) is 2. The molecular weight excluding hydrogens is 393 g/mol. The predicted molar refractivity (Wildman–Crippen MR) is 102 cm³/mol. The summed E-state index contributed by atoms with van der Waals surface area (Å²) in [7, 11) is 1.48. The molecule has 0 aliphatic rings. The SMILES string of the molecule is COc1ccc(C(C)=O)cc1COC(=O)CNC(=O)c1ccc(Cl)c(Cl)c1. The fraction of sp³-hybridized carbons (Fsp3) is 0.211. The Hall–Kier alpha value is -2.57. The molecule has 0 spiro atoms. The van der Waals surface area contributed by atoms with E-state index in [1.54, 1.807) is 18.2 Å². The van der Waals surface area contributed by atoms with Gasteiger partial charge in [-0.3, -0.25) is 14.4 Å². The van der Waals surface area contributed by atoms with E-state index in [0.29, 0.717) is 21.9 Å². The van der Waals surface area contributed by atoms with Gasteiger partial charge in [0, 0.05) is 16.7 Å². The van der Waals surface area contributed by atoms with Gasteiger partial charge in [-0.2, -0.15) is 0 Å². The first-order valence-electron chi connectivity index (χ1n) is 7.88. The van der Waals surface area contributed by atoms with E-state index in [-0.39, 0.29) is 29.5 Å². The first-order valence-corrected chi connectivity index (χ1v) is 8.64. The summed E-state index contributed by atoms with van der Waals surface area (Å²) in [6.45, 7) is 1.02. The fourth-order valence-electron chi connectivity index (χ4n) is 2.21. The number of nitrogens with one attached hydrogen (secondary N) is 1. The molecule has 142 valence electrons. The molecule has 2 aromatic rings. The van der Waals surface area contributed by atoms with Gasteiger partial charge >= 0.3 is 5.97 Å². The Balaban J connectivity index is 1.92. The summed E-state index contributed by atoms with van der Waals surface area (Å²) in [5.41, 5.74) is 1.30. The number of hydrogen-bond acceptors (Lipinski definition) is 5. The molecule has 0 radical (unpaired) electrons. The summed E-state index contributed by atoms with van der Waals surface area (Å²) in [6.07, 6.45) is 0. The lowest BCUT2D eigenvalue weighted by atomic mass is 10.1. The first kappa shape index (κ1) is 20.7. The van der Waals surface area contributed by atoms with E-state index in [1.165, 1.54) is 32.2 Å². The van der Waals surface area contributed by atoms with Gasteiger partial charge in [0.25, 0.3) is 5.91 Å². The van der Waals surface area contributed by atoms with Crippen molar-refractivity contribution in [2.75, 3.05) is 13.7 Å². The predicted octanol–water partition coefficient (Wildman–Crippen LogP) is 3.68. The summed E-state index contributed by atoms with van der Waals surface area (Å²) in [6, 6.07) is 9.25. The van der Waals surface area contributed by atoms with Gasteiger partial charge in [0.2, 0.25) is 0 Å². The van der Waals surface area contributed by atoms with Crippen molar-refractivity contribution in [1.82, 2.24) is 5.32 Å². The van der Waals surface area contributed by atoms with Gasteiger partial charge in [0.15, 0.2) is 5.78 Å². The van der Waals surface area contributed by atoms with Crippen LogP contribution in [0.2, 0.25) is 10.0 Å². The van der Waals surface area contributed by atoms with Crippen LogP contribution in [-0.2, 0) is 16.1 Å². The number of benzene rings is 2. The van der Waals surface area contributed by atoms with E-state index < -0.39 is 11.9 Å². The number of methoxy groups -OCH3 is 1. The normalized spacial score (nSPS) is 10.2. The van der Waals surface area contributed by atoms with E-state index in [9.17, 15) is 14.4 Å². The largest absolute Gasteiger partial charge is 0.496 e. The van der Waals surface area contributed by atoms with Crippen molar-refractivity contribution in [3.8, 4) is 5.75 Å². The van der Waals surface area contributed by atoms with E-state index in [0.717, 1.165) is 0 Å². The highest BCUT2D eigenvalue weighted by molar-refractivity contribution is 6.42. The summed E-state index contributed by atoms with van der Waals surface area (Å²) in [5, 5.41) is 3.01. The number of carbonyl (C=O) groups is 3. The molecule has 0 heterocycles. The standard InChI is InChI=1S/C19H17Cl2NO5/c1-11(23)12-4-6-17(26-2)14(7-12)10-27-18(24)9-22-19(25)13-3-5-15(20)16(21)8-13/h3-8H,9-10H2,1-2H3,(H,22,25). The van der Waals surface area contributed by atoms with Gasteiger partial charge in [-0.25, -0.2) is 0 Å². The number of halogens is 2. The molecule has 0 bridgehead atoms. The Bertz CT molecular complexity index is 882. The molecule has 0 aromatic heterocycles. The molecule has 1 amide bonds. The Labute approximate surface area is 166 Å². The number of rotatable bonds is 7. The van der Waals surface area contributed by atoms with Crippen molar-refractivity contribution in [2.45, 2.75) is 13.5 Å². The van der Waals surface area contributed by atoms with Crippen molar-refractivity contribution in [3.05, 3.63) is 63.1 Å². The van der Waals surface area contributed by atoms with Crippen molar-refractivity contribution in [2.24, 2.45) is 0 Å². The Morgan fingerprint density at radius 2 is 1.70 bits per heavy atom. The van der Waals surface area contributed by atoms with Gasteiger partial charge in [-0.1, -0.05) is 23.2 Å². The van der Waals surface area contributed by atoms with Crippen LogP contribution in [0.25, 0.3) is 0 Å². The smallest absolute Gasteiger partial charge is 0.325 e. The van der Waals surface area contributed by atoms with Crippen molar-refractivity contribution >= 4 is 40.9 Å². The zero-order chi connectivity index (χ0) is 20.0. The maximum Gasteiger partial charge on any atom is 0.325 e. The lowest BCUT2D eigenvalue weighted by Gasteiger charge is -2.11. The molecule has 8 heteroatoms. The van der Waals surface area contributed by atoms with E-state index in [1.807, 2.05) is 0 Å². The second kappa shape index (κ2) is 9.39. The molecular formula is C19H17Cl2NO5. The van der Waals surface area contributed by atoms with E-state index in [2.05, 4.69) is 5.32 Å². The average Bonchev–Trinajstić information content (AvgIpc) is 2.66. The zero-order valence-corrected chi connectivity index (χ0v) is 16.2. The zero-order valence-electron chi connectivity index (χ0n) is 14.7. The molecule has 1 N–H and O–H groups in total. The third kappa shape index (κ3) is 5.70. The molecule has 0 saturated carbocycles. The highest BCUT2D eigenvalue weighted by atomic mass is 35.5. The van der Waals surface area contributed by atoms with Crippen LogP contribution >= 0.6 is 23.2 Å². The molecule has 0 saturated heterocycles. The van der Waals surface area contributed by atoms with Crippen LogP contribution in [0.3, 0.4) is 0 Å². The lowest BCUT2D eigenvalue weighted by molar-refractivity contribution is -0.143. The number of ketones is 1.